The molecule has 7 heteroatoms. The van der Waals surface area contributed by atoms with Crippen molar-refractivity contribution in [1.29, 1.82) is 0 Å². The predicted molar refractivity (Wildman–Crippen MR) is 125 cm³/mol. The van der Waals surface area contributed by atoms with E-state index in [2.05, 4.69) is 22.0 Å². The molecule has 0 bridgehead atoms. The molecular formula is C24H36N6O. The van der Waals surface area contributed by atoms with Gasteiger partial charge in [-0.2, -0.15) is 0 Å². The fourth-order valence-corrected chi connectivity index (χ4v) is 5.01. The standard InChI is InChI=1S/C24H36N6O/c1-16(2)22(23(25)31)28-24-19-6-4-5-7-20(19)26-21(27-24)15-29-10-12-30(13-11-29)18-9-8-17(3)14-18/h4-7,16-18,22H,8-15H2,1-3H3,(H2,25,31)(H,26,27,28)/t17?,18?,22-/m0/s1. The summed E-state index contributed by atoms with van der Waals surface area (Å²) in [4.78, 5) is 26.7. The Labute approximate surface area is 185 Å². The number of nitrogens with one attached hydrogen (secondary N) is 1. The van der Waals surface area contributed by atoms with Gasteiger partial charge in [0.05, 0.1) is 12.1 Å². The molecule has 1 aromatic carbocycles. The highest BCUT2D eigenvalue weighted by Crippen LogP contribution is 2.29. The lowest BCUT2D eigenvalue weighted by Crippen LogP contribution is -2.49. The van der Waals surface area contributed by atoms with Gasteiger partial charge >= 0.3 is 0 Å². The zero-order valence-corrected chi connectivity index (χ0v) is 19.1. The molecule has 7 nitrogen and oxygen atoms in total. The Kier molecular flexibility index (Phi) is 6.72. The van der Waals surface area contributed by atoms with Gasteiger partial charge < -0.3 is 11.1 Å². The van der Waals surface area contributed by atoms with Crippen LogP contribution in [0.2, 0.25) is 0 Å². The largest absolute Gasteiger partial charge is 0.368 e. The molecule has 0 spiro atoms. The first-order chi connectivity index (χ1) is 14.9. The van der Waals surface area contributed by atoms with Crippen LogP contribution in [0.1, 0.15) is 45.9 Å². The molecular weight excluding hydrogens is 388 g/mol. The molecule has 2 fully saturated rings. The van der Waals surface area contributed by atoms with Crippen molar-refractivity contribution in [3.05, 3.63) is 30.1 Å². The van der Waals surface area contributed by atoms with Gasteiger partial charge in [-0.1, -0.05) is 32.9 Å². The minimum absolute atomic E-state index is 0.0704. The van der Waals surface area contributed by atoms with E-state index in [0.717, 1.165) is 61.4 Å². The van der Waals surface area contributed by atoms with E-state index in [1.807, 2.05) is 38.1 Å². The zero-order valence-electron chi connectivity index (χ0n) is 19.1. The molecule has 3 N–H and O–H groups in total. The van der Waals surface area contributed by atoms with E-state index in [1.165, 1.54) is 19.3 Å². The van der Waals surface area contributed by atoms with Crippen LogP contribution in [-0.2, 0) is 11.3 Å². The van der Waals surface area contributed by atoms with E-state index in [0.29, 0.717) is 5.82 Å². The molecule has 168 valence electrons. The van der Waals surface area contributed by atoms with Gasteiger partial charge in [-0.15, -0.1) is 0 Å². The number of fused-ring (bicyclic) bond motifs is 1. The highest BCUT2D eigenvalue weighted by Gasteiger charge is 2.29. The molecule has 2 unspecified atom stereocenters. The lowest BCUT2D eigenvalue weighted by atomic mass is 10.0. The quantitative estimate of drug-likeness (QED) is 0.711. The Morgan fingerprint density at radius 1 is 1.16 bits per heavy atom. The van der Waals surface area contributed by atoms with Crippen LogP contribution in [0.15, 0.2) is 24.3 Å². The first-order valence-corrected chi connectivity index (χ1v) is 11.7. The van der Waals surface area contributed by atoms with Gasteiger partial charge in [0, 0.05) is 37.6 Å². The number of nitrogens with two attached hydrogens (primary N) is 1. The molecule has 1 aliphatic carbocycles. The molecule has 2 aliphatic rings. The monoisotopic (exact) mass is 424 g/mol. The summed E-state index contributed by atoms with van der Waals surface area (Å²) in [5.41, 5.74) is 6.52. The third kappa shape index (κ3) is 5.15. The molecule has 1 aromatic heterocycles. The average molecular weight is 425 g/mol. The van der Waals surface area contributed by atoms with Crippen molar-refractivity contribution >= 4 is 22.6 Å². The summed E-state index contributed by atoms with van der Waals surface area (Å²) < 4.78 is 0. The number of primary amides is 1. The van der Waals surface area contributed by atoms with E-state index in [1.54, 1.807) is 0 Å². The number of benzene rings is 1. The van der Waals surface area contributed by atoms with E-state index >= 15 is 0 Å². The Morgan fingerprint density at radius 2 is 1.90 bits per heavy atom. The molecule has 31 heavy (non-hydrogen) atoms. The van der Waals surface area contributed by atoms with Gasteiger partial charge in [0.1, 0.15) is 17.7 Å². The maximum absolute atomic E-state index is 11.9. The van der Waals surface area contributed by atoms with Crippen molar-refractivity contribution < 1.29 is 4.79 Å². The topological polar surface area (TPSA) is 87.4 Å². The summed E-state index contributed by atoms with van der Waals surface area (Å²) in [5, 5.41) is 4.21. The predicted octanol–water partition coefficient (Wildman–Crippen LogP) is 2.86. The van der Waals surface area contributed by atoms with E-state index in [9.17, 15) is 4.79 Å². The van der Waals surface area contributed by atoms with Crippen molar-refractivity contribution in [2.24, 2.45) is 17.6 Å². The Morgan fingerprint density at radius 3 is 2.55 bits per heavy atom. The maximum atomic E-state index is 11.9. The van der Waals surface area contributed by atoms with Crippen molar-refractivity contribution in [1.82, 2.24) is 19.8 Å². The second-order valence-corrected chi connectivity index (χ2v) is 9.66. The molecule has 1 aliphatic heterocycles. The van der Waals surface area contributed by atoms with Crippen LogP contribution >= 0.6 is 0 Å². The molecule has 1 saturated carbocycles. The first-order valence-electron chi connectivity index (χ1n) is 11.7. The van der Waals surface area contributed by atoms with Gasteiger partial charge in [-0.25, -0.2) is 9.97 Å². The van der Waals surface area contributed by atoms with E-state index < -0.39 is 6.04 Å². The lowest BCUT2D eigenvalue weighted by Gasteiger charge is -2.38. The smallest absolute Gasteiger partial charge is 0.240 e. The normalized spacial score (nSPS) is 24.0. The summed E-state index contributed by atoms with van der Waals surface area (Å²) in [6, 6.07) is 8.24. The molecule has 1 saturated heterocycles. The second kappa shape index (κ2) is 9.49. The minimum atomic E-state index is -0.469. The van der Waals surface area contributed by atoms with Gasteiger partial charge in [0.15, 0.2) is 0 Å². The van der Waals surface area contributed by atoms with Crippen LogP contribution in [0.3, 0.4) is 0 Å². The van der Waals surface area contributed by atoms with Crippen molar-refractivity contribution in [3.8, 4) is 0 Å². The maximum Gasteiger partial charge on any atom is 0.240 e. The van der Waals surface area contributed by atoms with Crippen LogP contribution in [0, 0.1) is 11.8 Å². The van der Waals surface area contributed by atoms with Crippen molar-refractivity contribution in [3.63, 3.8) is 0 Å². The number of carbonyl (C=O) groups is 1. The summed E-state index contributed by atoms with van der Waals surface area (Å²) in [6.07, 6.45) is 4.06. The number of para-hydroxylation sites is 1. The SMILES string of the molecule is CC1CCC(N2CCN(Cc3nc(N[C@H](C(N)=O)C(C)C)c4ccccc4n3)CC2)C1. The Hall–Kier alpha value is -2.25. The van der Waals surface area contributed by atoms with Crippen LogP contribution in [0.4, 0.5) is 5.82 Å². The van der Waals surface area contributed by atoms with Crippen molar-refractivity contribution in [2.45, 2.75) is 58.7 Å². The molecule has 0 radical (unpaired) electrons. The van der Waals surface area contributed by atoms with Gasteiger partial charge in [-0.3, -0.25) is 14.6 Å². The number of amides is 1. The molecule has 2 heterocycles. The second-order valence-electron chi connectivity index (χ2n) is 9.66. The summed E-state index contributed by atoms with van der Waals surface area (Å²) in [6.45, 7) is 11.4. The Bertz CT molecular complexity index is 908. The Balaban J connectivity index is 1.47. The number of hydrogen-bond donors (Lipinski definition) is 2. The number of nitrogens with zero attached hydrogens (tertiary/aromatic N) is 4. The van der Waals surface area contributed by atoms with Crippen LogP contribution in [0.25, 0.3) is 10.9 Å². The molecule has 1 amide bonds. The fourth-order valence-electron chi connectivity index (χ4n) is 5.01. The number of carbonyl (C=O) groups excluding carboxylic acids is 1. The van der Waals surface area contributed by atoms with Gasteiger partial charge in [0.2, 0.25) is 5.91 Å². The summed E-state index contributed by atoms with van der Waals surface area (Å²) >= 11 is 0. The highest BCUT2D eigenvalue weighted by atomic mass is 16.1. The average Bonchev–Trinajstić information content (AvgIpc) is 3.18. The minimum Gasteiger partial charge on any atom is -0.368 e. The lowest BCUT2D eigenvalue weighted by molar-refractivity contribution is -0.119. The van der Waals surface area contributed by atoms with Crippen LogP contribution < -0.4 is 11.1 Å². The van der Waals surface area contributed by atoms with E-state index in [4.69, 9.17) is 15.7 Å². The number of piperazine rings is 1. The first kappa shape index (κ1) is 22.0. The highest BCUT2D eigenvalue weighted by molar-refractivity contribution is 5.91. The summed E-state index contributed by atoms with van der Waals surface area (Å²) in [5.74, 6) is 2.06. The van der Waals surface area contributed by atoms with E-state index in [-0.39, 0.29) is 11.8 Å². The third-order valence-electron chi connectivity index (χ3n) is 6.87. The molecule has 3 atom stereocenters. The fraction of sp³-hybridized carbons (Fsp3) is 0.625. The zero-order chi connectivity index (χ0) is 22.0. The van der Waals surface area contributed by atoms with Crippen LogP contribution in [-0.4, -0.2) is 63.9 Å². The van der Waals surface area contributed by atoms with Crippen LogP contribution in [0.5, 0.6) is 0 Å². The van der Waals surface area contributed by atoms with Gasteiger partial charge in [-0.05, 0) is 43.2 Å². The number of hydrogen-bond acceptors (Lipinski definition) is 6. The third-order valence-corrected chi connectivity index (χ3v) is 6.87. The number of rotatable bonds is 7. The summed E-state index contributed by atoms with van der Waals surface area (Å²) in [7, 11) is 0. The molecule has 4 rings (SSSR count). The number of aromatic nitrogens is 2. The van der Waals surface area contributed by atoms with Gasteiger partial charge in [0.25, 0.3) is 0 Å². The number of anilines is 1. The van der Waals surface area contributed by atoms with Crippen molar-refractivity contribution in [2.75, 3.05) is 31.5 Å². The molecule has 2 aromatic rings.